The summed E-state index contributed by atoms with van der Waals surface area (Å²) in [4.78, 5) is 50.2. The van der Waals surface area contributed by atoms with Gasteiger partial charge >= 0.3 is 11.9 Å². The number of nitrogens with one attached hydrogen (secondary N) is 1. The highest BCUT2D eigenvalue weighted by Crippen LogP contribution is 2.20. The van der Waals surface area contributed by atoms with Gasteiger partial charge in [0.2, 0.25) is 0 Å². The number of carbonyl (C=O) groups excluding carboxylic acids is 3. The molecule has 11 heteroatoms. The van der Waals surface area contributed by atoms with E-state index >= 15 is 0 Å². The third-order valence-corrected chi connectivity index (χ3v) is 3.76. The van der Waals surface area contributed by atoms with Gasteiger partial charge in [-0.2, -0.15) is 0 Å². The highest BCUT2D eigenvalue weighted by molar-refractivity contribution is 6.32. The lowest BCUT2D eigenvalue weighted by atomic mass is 10.1. The van der Waals surface area contributed by atoms with Crippen molar-refractivity contribution in [3.8, 4) is 0 Å². The number of esters is 2. The minimum Gasteiger partial charge on any atom is -0.465 e. The van der Waals surface area contributed by atoms with E-state index in [1.807, 2.05) is 0 Å². The first-order valence-corrected chi connectivity index (χ1v) is 8.11. The van der Waals surface area contributed by atoms with Crippen LogP contribution in [0.25, 0.3) is 0 Å². The summed E-state index contributed by atoms with van der Waals surface area (Å²) in [6.07, 6.45) is 0.174. The van der Waals surface area contributed by atoms with Crippen molar-refractivity contribution in [2.45, 2.75) is 13.0 Å². The van der Waals surface area contributed by atoms with Crippen LogP contribution in [-0.4, -0.2) is 41.0 Å². The number of hydrogen-bond acceptors (Lipinski definition) is 8. The predicted octanol–water partition coefficient (Wildman–Crippen LogP) is 2.61. The van der Waals surface area contributed by atoms with E-state index in [-0.39, 0.29) is 22.0 Å². The molecular formula is C17H14ClN3O7. The summed E-state index contributed by atoms with van der Waals surface area (Å²) in [5.41, 5.74) is -0.772. The first kappa shape index (κ1) is 20.8. The van der Waals surface area contributed by atoms with E-state index in [4.69, 9.17) is 16.3 Å². The molecule has 2 aromatic rings. The number of pyridine rings is 1. The molecule has 0 saturated heterocycles. The number of methoxy groups -OCH3 is 1. The van der Waals surface area contributed by atoms with Gasteiger partial charge < -0.3 is 14.8 Å². The molecule has 1 aromatic heterocycles. The summed E-state index contributed by atoms with van der Waals surface area (Å²) in [6.45, 7) is 1.30. The molecule has 146 valence electrons. The van der Waals surface area contributed by atoms with Crippen LogP contribution in [0.5, 0.6) is 0 Å². The lowest BCUT2D eigenvalue weighted by molar-refractivity contribution is -0.384. The lowest BCUT2D eigenvalue weighted by Gasteiger charge is -2.14. The van der Waals surface area contributed by atoms with Crippen LogP contribution in [0.3, 0.4) is 0 Å². The number of nitro benzene ring substituents is 1. The number of rotatable bonds is 6. The largest absolute Gasteiger partial charge is 0.465 e. The first-order chi connectivity index (χ1) is 13.2. The number of anilines is 1. The van der Waals surface area contributed by atoms with Crippen molar-refractivity contribution < 1.29 is 28.8 Å². The molecule has 0 fully saturated rings. The summed E-state index contributed by atoms with van der Waals surface area (Å²) in [5, 5.41) is 13.5. The van der Waals surface area contributed by atoms with Crippen molar-refractivity contribution in [2.24, 2.45) is 0 Å². The molecule has 1 N–H and O–H groups in total. The van der Waals surface area contributed by atoms with E-state index in [2.05, 4.69) is 15.0 Å². The van der Waals surface area contributed by atoms with Crippen molar-refractivity contribution in [3.63, 3.8) is 0 Å². The molecule has 0 aliphatic rings. The van der Waals surface area contributed by atoms with E-state index in [1.165, 1.54) is 19.2 Å². The maximum absolute atomic E-state index is 12.3. The topological polar surface area (TPSA) is 138 Å². The Morgan fingerprint density at radius 2 is 1.86 bits per heavy atom. The molecule has 1 amide bonds. The van der Waals surface area contributed by atoms with Gasteiger partial charge in [-0.05, 0) is 25.1 Å². The van der Waals surface area contributed by atoms with Crippen molar-refractivity contribution in [1.82, 2.24) is 4.98 Å². The van der Waals surface area contributed by atoms with Gasteiger partial charge in [-0.25, -0.2) is 14.6 Å². The summed E-state index contributed by atoms with van der Waals surface area (Å²) >= 11 is 5.84. The first-order valence-electron chi connectivity index (χ1n) is 7.73. The van der Waals surface area contributed by atoms with Gasteiger partial charge in [-0.1, -0.05) is 11.6 Å². The molecule has 1 atom stereocenters. The minimum atomic E-state index is -1.26. The number of hydrogen-bond donors (Lipinski definition) is 1. The molecule has 1 aromatic carbocycles. The second kappa shape index (κ2) is 8.91. The zero-order valence-corrected chi connectivity index (χ0v) is 15.4. The van der Waals surface area contributed by atoms with Gasteiger partial charge in [0, 0.05) is 18.3 Å². The molecule has 0 radical (unpaired) electrons. The Kier molecular flexibility index (Phi) is 6.61. The molecule has 2 rings (SSSR count). The van der Waals surface area contributed by atoms with Crippen LogP contribution in [0.4, 0.5) is 11.4 Å². The quantitative estimate of drug-likeness (QED) is 0.333. The fourth-order valence-corrected chi connectivity index (χ4v) is 2.23. The third-order valence-electron chi connectivity index (χ3n) is 3.46. The number of halogens is 1. The van der Waals surface area contributed by atoms with Crippen molar-refractivity contribution >= 4 is 40.8 Å². The molecular weight excluding hydrogens is 394 g/mol. The summed E-state index contributed by atoms with van der Waals surface area (Å²) < 4.78 is 9.53. The van der Waals surface area contributed by atoms with Gasteiger partial charge in [0.25, 0.3) is 11.6 Å². The third kappa shape index (κ3) is 5.01. The van der Waals surface area contributed by atoms with E-state index in [0.717, 1.165) is 25.3 Å². The summed E-state index contributed by atoms with van der Waals surface area (Å²) in [7, 11) is 1.09. The molecule has 0 saturated carbocycles. The zero-order valence-electron chi connectivity index (χ0n) is 14.7. The maximum Gasteiger partial charge on any atom is 0.339 e. The Hall–Kier alpha value is -3.53. The standard InChI is InChI=1S/C17H14ClN3O7/c1-9(15(22)20-13-4-3-5-19-14(13)18)28-17(24)11-6-10(16(23)27-2)7-12(8-11)21(25)26/h3-9H,1-2H3,(H,20,22). The van der Waals surface area contributed by atoms with Crippen molar-refractivity contribution in [1.29, 1.82) is 0 Å². The molecule has 0 spiro atoms. The highest BCUT2D eigenvalue weighted by Gasteiger charge is 2.23. The fraction of sp³-hybridized carbons (Fsp3) is 0.176. The van der Waals surface area contributed by atoms with Crippen LogP contribution in [0, 0.1) is 10.1 Å². The van der Waals surface area contributed by atoms with Crippen LogP contribution in [-0.2, 0) is 14.3 Å². The summed E-state index contributed by atoms with van der Waals surface area (Å²) in [5.74, 6) is -2.59. The number of amides is 1. The van der Waals surface area contributed by atoms with Gasteiger partial charge in [0.1, 0.15) is 0 Å². The highest BCUT2D eigenvalue weighted by atomic mass is 35.5. The van der Waals surface area contributed by atoms with E-state index < -0.39 is 34.6 Å². The predicted molar refractivity (Wildman–Crippen MR) is 97.2 cm³/mol. The Balaban J connectivity index is 2.18. The van der Waals surface area contributed by atoms with Crippen LogP contribution >= 0.6 is 11.6 Å². The van der Waals surface area contributed by atoms with E-state index in [9.17, 15) is 24.5 Å². The van der Waals surface area contributed by atoms with Gasteiger partial charge in [-0.3, -0.25) is 14.9 Å². The van der Waals surface area contributed by atoms with Crippen LogP contribution in [0.1, 0.15) is 27.6 Å². The normalized spacial score (nSPS) is 11.2. The number of benzene rings is 1. The number of non-ortho nitro benzene ring substituents is 1. The monoisotopic (exact) mass is 407 g/mol. The molecule has 10 nitrogen and oxygen atoms in total. The second-order valence-electron chi connectivity index (χ2n) is 5.40. The average molecular weight is 408 g/mol. The van der Waals surface area contributed by atoms with Crippen LogP contribution in [0.2, 0.25) is 5.15 Å². The molecule has 1 heterocycles. The Labute approximate surface area is 163 Å². The average Bonchev–Trinajstić information content (AvgIpc) is 2.68. The number of nitrogens with zero attached hydrogens (tertiary/aromatic N) is 2. The Morgan fingerprint density at radius 1 is 1.21 bits per heavy atom. The lowest BCUT2D eigenvalue weighted by Crippen LogP contribution is -2.30. The number of aromatic nitrogens is 1. The number of carbonyl (C=O) groups is 3. The Bertz CT molecular complexity index is 948. The second-order valence-corrected chi connectivity index (χ2v) is 5.75. The smallest absolute Gasteiger partial charge is 0.339 e. The molecule has 0 aliphatic heterocycles. The summed E-state index contributed by atoms with van der Waals surface area (Å²) in [6, 6.07) is 6.02. The molecule has 0 aliphatic carbocycles. The number of nitro groups is 1. The minimum absolute atomic E-state index is 0.0516. The number of ether oxygens (including phenoxy) is 2. The van der Waals surface area contributed by atoms with E-state index in [0.29, 0.717) is 0 Å². The van der Waals surface area contributed by atoms with Gasteiger partial charge in [0.15, 0.2) is 11.3 Å². The van der Waals surface area contributed by atoms with Crippen LogP contribution < -0.4 is 5.32 Å². The SMILES string of the molecule is COC(=O)c1cc(C(=O)OC(C)C(=O)Nc2cccnc2Cl)cc([N+](=O)[O-])c1. The van der Waals surface area contributed by atoms with Crippen molar-refractivity contribution in [3.05, 3.63) is 62.9 Å². The van der Waals surface area contributed by atoms with Gasteiger partial charge in [-0.15, -0.1) is 0 Å². The molecule has 0 bridgehead atoms. The van der Waals surface area contributed by atoms with E-state index in [1.54, 1.807) is 6.07 Å². The zero-order chi connectivity index (χ0) is 20.8. The Morgan fingerprint density at radius 3 is 2.43 bits per heavy atom. The van der Waals surface area contributed by atoms with Gasteiger partial charge in [0.05, 0.1) is 28.8 Å². The maximum atomic E-state index is 12.3. The van der Waals surface area contributed by atoms with Crippen molar-refractivity contribution in [2.75, 3.05) is 12.4 Å². The molecule has 1 unspecified atom stereocenters. The molecule has 28 heavy (non-hydrogen) atoms. The van der Waals surface area contributed by atoms with Crippen LogP contribution in [0.15, 0.2) is 36.5 Å². The fourth-order valence-electron chi connectivity index (χ4n) is 2.07.